The summed E-state index contributed by atoms with van der Waals surface area (Å²) in [4.78, 5) is 0. The van der Waals surface area contributed by atoms with Gasteiger partial charge in [-0.05, 0) is 39.3 Å². The standard InChI is InChI=1S/C16H27N3O2/c1-5-13-11(2)18-19(12(13)3)15-10-16(20-8-9-21-16)7-6-14(15)17-4/h14-15,17H,5-10H2,1-4H3. The minimum Gasteiger partial charge on any atom is -0.347 e. The van der Waals surface area contributed by atoms with Crippen LogP contribution in [0.25, 0.3) is 0 Å². The van der Waals surface area contributed by atoms with E-state index in [0.29, 0.717) is 25.3 Å². The number of rotatable bonds is 3. The minimum absolute atomic E-state index is 0.292. The zero-order valence-corrected chi connectivity index (χ0v) is 13.6. The summed E-state index contributed by atoms with van der Waals surface area (Å²) in [6, 6.07) is 0.715. The Balaban J connectivity index is 1.93. The molecule has 1 saturated heterocycles. The number of ether oxygens (including phenoxy) is 2. The van der Waals surface area contributed by atoms with Crippen molar-refractivity contribution >= 4 is 0 Å². The molecule has 21 heavy (non-hydrogen) atoms. The third-order valence-electron chi connectivity index (χ3n) is 5.15. The van der Waals surface area contributed by atoms with Crippen LogP contribution in [0.3, 0.4) is 0 Å². The van der Waals surface area contributed by atoms with E-state index in [1.807, 2.05) is 7.05 Å². The second kappa shape index (κ2) is 5.71. The molecule has 0 amide bonds. The Morgan fingerprint density at radius 2 is 2.05 bits per heavy atom. The predicted molar refractivity (Wildman–Crippen MR) is 81.4 cm³/mol. The minimum atomic E-state index is -0.378. The molecule has 1 aromatic rings. The van der Waals surface area contributed by atoms with E-state index >= 15 is 0 Å². The molecule has 2 atom stereocenters. The third kappa shape index (κ3) is 2.51. The maximum Gasteiger partial charge on any atom is 0.170 e. The molecule has 1 spiro atoms. The van der Waals surface area contributed by atoms with E-state index in [1.54, 1.807) is 0 Å². The summed E-state index contributed by atoms with van der Waals surface area (Å²) in [6.45, 7) is 7.92. The van der Waals surface area contributed by atoms with E-state index < -0.39 is 0 Å². The van der Waals surface area contributed by atoms with E-state index in [9.17, 15) is 0 Å². The molecule has 0 bridgehead atoms. The van der Waals surface area contributed by atoms with Gasteiger partial charge in [-0.2, -0.15) is 5.10 Å². The van der Waals surface area contributed by atoms with E-state index in [-0.39, 0.29) is 5.79 Å². The lowest BCUT2D eigenvalue weighted by Gasteiger charge is -2.41. The Morgan fingerprint density at radius 3 is 2.62 bits per heavy atom. The molecule has 1 aromatic heterocycles. The first-order valence-electron chi connectivity index (χ1n) is 8.10. The average Bonchev–Trinajstić information content (AvgIpc) is 3.04. The first kappa shape index (κ1) is 15.0. The quantitative estimate of drug-likeness (QED) is 0.927. The normalized spacial score (nSPS) is 28.4. The van der Waals surface area contributed by atoms with E-state index in [0.717, 1.165) is 31.4 Å². The molecule has 5 heteroatoms. The van der Waals surface area contributed by atoms with Crippen LogP contribution >= 0.6 is 0 Å². The van der Waals surface area contributed by atoms with Gasteiger partial charge >= 0.3 is 0 Å². The van der Waals surface area contributed by atoms with Gasteiger partial charge in [0, 0.05) is 24.6 Å². The van der Waals surface area contributed by atoms with Crippen LogP contribution in [0.4, 0.5) is 0 Å². The zero-order chi connectivity index (χ0) is 15.0. The molecular weight excluding hydrogens is 266 g/mol. The second-order valence-corrected chi connectivity index (χ2v) is 6.26. The Hall–Kier alpha value is -0.910. The molecule has 1 aliphatic carbocycles. The van der Waals surface area contributed by atoms with Crippen molar-refractivity contribution in [3.63, 3.8) is 0 Å². The molecule has 2 aliphatic rings. The molecule has 2 unspecified atom stereocenters. The molecule has 0 radical (unpaired) electrons. The highest BCUT2D eigenvalue weighted by atomic mass is 16.7. The highest BCUT2D eigenvalue weighted by molar-refractivity contribution is 5.25. The maximum absolute atomic E-state index is 5.94. The number of hydrogen-bond acceptors (Lipinski definition) is 4. The monoisotopic (exact) mass is 293 g/mol. The van der Waals surface area contributed by atoms with Crippen LogP contribution in [0, 0.1) is 13.8 Å². The SMILES string of the molecule is CCc1c(C)nn(C2CC3(CCC2NC)OCCO3)c1C. The van der Waals surface area contributed by atoms with Crippen LogP contribution in [0.2, 0.25) is 0 Å². The van der Waals surface area contributed by atoms with Crippen molar-refractivity contribution in [1.29, 1.82) is 0 Å². The Kier molecular flexibility index (Phi) is 4.08. The van der Waals surface area contributed by atoms with E-state index in [1.165, 1.54) is 11.3 Å². The first-order chi connectivity index (χ1) is 10.1. The Labute approximate surface area is 127 Å². The number of hydrogen-bond donors (Lipinski definition) is 1. The van der Waals surface area contributed by atoms with Gasteiger partial charge in [0.1, 0.15) is 0 Å². The lowest BCUT2D eigenvalue weighted by Crippen LogP contribution is -2.48. The largest absolute Gasteiger partial charge is 0.347 e. The van der Waals surface area contributed by atoms with Gasteiger partial charge in [-0.25, -0.2) is 0 Å². The van der Waals surface area contributed by atoms with Crippen molar-refractivity contribution in [2.24, 2.45) is 0 Å². The highest BCUT2D eigenvalue weighted by Gasteiger charge is 2.46. The third-order valence-corrected chi connectivity index (χ3v) is 5.15. The number of aryl methyl sites for hydroxylation is 1. The number of likely N-dealkylation sites (N-methyl/N-ethyl adjacent to an activating group) is 1. The van der Waals surface area contributed by atoms with Crippen LogP contribution in [0.5, 0.6) is 0 Å². The van der Waals surface area contributed by atoms with E-state index in [4.69, 9.17) is 14.6 Å². The summed E-state index contributed by atoms with van der Waals surface area (Å²) in [5.41, 5.74) is 3.81. The van der Waals surface area contributed by atoms with Gasteiger partial charge < -0.3 is 14.8 Å². The number of aromatic nitrogens is 2. The van der Waals surface area contributed by atoms with Gasteiger partial charge in [0.25, 0.3) is 0 Å². The van der Waals surface area contributed by atoms with Crippen LogP contribution in [-0.2, 0) is 15.9 Å². The summed E-state index contributed by atoms with van der Waals surface area (Å²) in [5.74, 6) is -0.378. The predicted octanol–water partition coefficient (Wildman–Crippen LogP) is 2.12. The van der Waals surface area contributed by atoms with Crippen LogP contribution in [-0.4, -0.2) is 41.9 Å². The topological polar surface area (TPSA) is 48.3 Å². The van der Waals surface area contributed by atoms with Gasteiger partial charge in [0.15, 0.2) is 5.79 Å². The highest BCUT2D eigenvalue weighted by Crippen LogP contribution is 2.41. The molecule has 0 aromatic carbocycles. The number of nitrogens with zero attached hydrogens (tertiary/aromatic N) is 2. The second-order valence-electron chi connectivity index (χ2n) is 6.26. The summed E-state index contributed by atoms with van der Waals surface area (Å²) >= 11 is 0. The fourth-order valence-corrected chi connectivity index (χ4v) is 4.02. The van der Waals surface area contributed by atoms with Crippen molar-refractivity contribution in [3.05, 3.63) is 17.0 Å². The maximum atomic E-state index is 5.94. The van der Waals surface area contributed by atoms with Gasteiger partial charge in [-0.1, -0.05) is 6.92 Å². The molecule has 1 saturated carbocycles. The summed E-state index contributed by atoms with van der Waals surface area (Å²) in [5, 5.41) is 8.28. The van der Waals surface area contributed by atoms with Crippen molar-refractivity contribution < 1.29 is 9.47 Å². The Morgan fingerprint density at radius 1 is 1.33 bits per heavy atom. The van der Waals surface area contributed by atoms with E-state index in [2.05, 4.69) is 30.8 Å². The molecule has 1 N–H and O–H groups in total. The first-order valence-corrected chi connectivity index (χ1v) is 8.10. The van der Waals surface area contributed by atoms with Crippen molar-refractivity contribution in [3.8, 4) is 0 Å². The molecule has 5 nitrogen and oxygen atoms in total. The molecular formula is C16H27N3O2. The lowest BCUT2D eigenvalue weighted by atomic mass is 9.85. The fraction of sp³-hybridized carbons (Fsp3) is 0.812. The van der Waals surface area contributed by atoms with Crippen LogP contribution in [0.15, 0.2) is 0 Å². The smallest absolute Gasteiger partial charge is 0.170 e. The molecule has 118 valence electrons. The molecule has 2 heterocycles. The molecule has 2 fully saturated rings. The van der Waals surface area contributed by atoms with Crippen molar-refractivity contribution in [2.75, 3.05) is 20.3 Å². The molecule has 1 aliphatic heterocycles. The van der Waals surface area contributed by atoms with Crippen LogP contribution in [0.1, 0.15) is 49.2 Å². The van der Waals surface area contributed by atoms with Gasteiger partial charge in [-0.15, -0.1) is 0 Å². The van der Waals surface area contributed by atoms with Crippen molar-refractivity contribution in [2.45, 2.75) is 64.3 Å². The fourth-order valence-electron chi connectivity index (χ4n) is 4.02. The van der Waals surface area contributed by atoms with Gasteiger partial charge in [0.05, 0.1) is 24.9 Å². The average molecular weight is 293 g/mol. The summed E-state index contributed by atoms with van der Waals surface area (Å²) in [7, 11) is 2.04. The summed E-state index contributed by atoms with van der Waals surface area (Å²) in [6.07, 6.45) is 3.94. The summed E-state index contributed by atoms with van der Waals surface area (Å²) < 4.78 is 14.1. The zero-order valence-electron chi connectivity index (χ0n) is 13.6. The van der Waals surface area contributed by atoms with Crippen molar-refractivity contribution in [1.82, 2.24) is 15.1 Å². The lowest BCUT2D eigenvalue weighted by molar-refractivity contribution is -0.189. The van der Waals surface area contributed by atoms with Gasteiger partial charge in [-0.3, -0.25) is 4.68 Å². The van der Waals surface area contributed by atoms with Crippen LogP contribution < -0.4 is 5.32 Å². The van der Waals surface area contributed by atoms with Gasteiger partial charge in [0.2, 0.25) is 0 Å². The Bertz CT molecular complexity index is 506. The number of nitrogens with one attached hydrogen (secondary N) is 1. The molecule has 3 rings (SSSR count).